The van der Waals surface area contributed by atoms with E-state index in [-0.39, 0.29) is 11.7 Å². The number of benzene rings is 1. The van der Waals surface area contributed by atoms with Crippen molar-refractivity contribution in [3.05, 3.63) is 59.2 Å². The van der Waals surface area contributed by atoms with Gasteiger partial charge in [-0.25, -0.2) is 4.39 Å². The minimum Gasteiger partial charge on any atom is -0.460 e. The van der Waals surface area contributed by atoms with Gasteiger partial charge in [-0.1, -0.05) is 12.1 Å². The highest BCUT2D eigenvalue weighted by atomic mass is 19.1. The highest BCUT2D eigenvalue weighted by Crippen LogP contribution is 2.26. The third-order valence-electron chi connectivity index (χ3n) is 5.42. The van der Waals surface area contributed by atoms with Gasteiger partial charge in [0.1, 0.15) is 17.3 Å². The zero-order valence-corrected chi connectivity index (χ0v) is 15.8. The number of piperazine rings is 1. The molecule has 2 aromatic heterocycles. The summed E-state index contributed by atoms with van der Waals surface area (Å²) in [5.41, 5.74) is 3.00. The average molecular weight is 370 g/mol. The fourth-order valence-electron chi connectivity index (χ4n) is 3.87. The number of nitrogens with zero attached hydrogens (tertiary/aromatic N) is 2. The summed E-state index contributed by atoms with van der Waals surface area (Å²) in [6.45, 7) is 9.05. The molecule has 1 N–H and O–H groups in total. The van der Waals surface area contributed by atoms with Crippen molar-refractivity contribution in [1.82, 2.24) is 9.47 Å². The second-order valence-electron chi connectivity index (χ2n) is 7.25. The van der Waals surface area contributed by atoms with Crippen molar-refractivity contribution >= 4 is 17.0 Å². The molecule has 0 spiro atoms. The van der Waals surface area contributed by atoms with E-state index in [1.165, 1.54) is 17.0 Å². The van der Waals surface area contributed by atoms with Gasteiger partial charge in [-0.2, -0.15) is 0 Å². The number of aromatic nitrogens is 1. The van der Waals surface area contributed by atoms with E-state index in [9.17, 15) is 9.18 Å². The van der Waals surface area contributed by atoms with Crippen molar-refractivity contribution in [2.75, 3.05) is 32.7 Å². The fraction of sp³-hybridized carbons (Fsp3) is 0.381. The van der Waals surface area contributed by atoms with Crippen molar-refractivity contribution in [2.24, 2.45) is 0 Å². The Morgan fingerprint density at radius 2 is 2.00 bits per heavy atom. The summed E-state index contributed by atoms with van der Waals surface area (Å²) < 4.78 is 21.3. The van der Waals surface area contributed by atoms with Gasteiger partial charge < -0.3 is 18.8 Å². The second kappa shape index (κ2) is 7.19. The first-order chi connectivity index (χ1) is 13.0. The van der Waals surface area contributed by atoms with Crippen LogP contribution in [0.2, 0.25) is 0 Å². The lowest BCUT2D eigenvalue weighted by molar-refractivity contribution is -0.902. The van der Waals surface area contributed by atoms with E-state index in [4.69, 9.17) is 4.42 Å². The molecule has 1 aromatic carbocycles. The third kappa shape index (κ3) is 3.49. The SMILES string of the molecule is CC[NH+]1CCN(C(=O)c2cc3oc(C)cc3n2Cc2cccc(F)c2)CC1. The lowest BCUT2D eigenvalue weighted by Gasteiger charge is -2.31. The maximum Gasteiger partial charge on any atom is 0.271 e. The summed E-state index contributed by atoms with van der Waals surface area (Å²) in [7, 11) is 0. The Balaban J connectivity index is 1.67. The second-order valence-corrected chi connectivity index (χ2v) is 7.25. The number of quaternary nitrogens is 1. The Hall–Kier alpha value is -2.60. The Labute approximate surface area is 158 Å². The van der Waals surface area contributed by atoms with Crippen LogP contribution >= 0.6 is 0 Å². The number of rotatable bonds is 4. The van der Waals surface area contributed by atoms with Crippen LogP contribution < -0.4 is 4.90 Å². The van der Waals surface area contributed by atoms with Crippen LogP contribution in [0, 0.1) is 12.7 Å². The van der Waals surface area contributed by atoms with Gasteiger partial charge in [0, 0.05) is 18.7 Å². The van der Waals surface area contributed by atoms with Crippen molar-refractivity contribution in [3.63, 3.8) is 0 Å². The number of halogens is 1. The number of furan rings is 1. The van der Waals surface area contributed by atoms with Crippen LogP contribution in [-0.2, 0) is 6.54 Å². The van der Waals surface area contributed by atoms with Gasteiger partial charge in [-0.05, 0) is 31.5 Å². The van der Waals surface area contributed by atoms with Crippen molar-refractivity contribution in [1.29, 1.82) is 0 Å². The summed E-state index contributed by atoms with van der Waals surface area (Å²) in [4.78, 5) is 16.7. The summed E-state index contributed by atoms with van der Waals surface area (Å²) in [6.07, 6.45) is 0. The first-order valence-electron chi connectivity index (χ1n) is 9.52. The maximum absolute atomic E-state index is 13.6. The first kappa shape index (κ1) is 17.8. The van der Waals surface area contributed by atoms with E-state index in [0.717, 1.165) is 49.6 Å². The number of amides is 1. The highest BCUT2D eigenvalue weighted by Gasteiger charge is 2.27. The largest absolute Gasteiger partial charge is 0.460 e. The normalized spacial score (nSPS) is 15.6. The average Bonchev–Trinajstić information content (AvgIpc) is 3.18. The molecule has 1 amide bonds. The van der Waals surface area contributed by atoms with Crippen molar-refractivity contribution in [2.45, 2.75) is 20.4 Å². The van der Waals surface area contributed by atoms with Gasteiger partial charge in [-0.3, -0.25) is 4.79 Å². The lowest BCUT2D eigenvalue weighted by Crippen LogP contribution is -3.14. The summed E-state index contributed by atoms with van der Waals surface area (Å²) >= 11 is 0. The molecule has 142 valence electrons. The number of nitrogens with one attached hydrogen (secondary N) is 1. The van der Waals surface area contributed by atoms with Crippen molar-refractivity contribution in [3.8, 4) is 0 Å². The van der Waals surface area contributed by atoms with E-state index in [0.29, 0.717) is 17.8 Å². The fourth-order valence-corrected chi connectivity index (χ4v) is 3.87. The number of aryl methyl sites for hydroxylation is 1. The molecule has 0 atom stereocenters. The molecule has 1 fully saturated rings. The molecule has 3 heterocycles. The molecule has 0 radical (unpaired) electrons. The zero-order chi connectivity index (χ0) is 19.0. The summed E-state index contributed by atoms with van der Waals surface area (Å²) in [6, 6.07) is 10.3. The Morgan fingerprint density at radius 3 is 2.70 bits per heavy atom. The zero-order valence-electron chi connectivity index (χ0n) is 15.8. The Morgan fingerprint density at radius 1 is 1.22 bits per heavy atom. The smallest absolute Gasteiger partial charge is 0.271 e. The van der Waals surface area contributed by atoms with Gasteiger partial charge in [-0.15, -0.1) is 0 Å². The summed E-state index contributed by atoms with van der Waals surface area (Å²) in [5.74, 6) is 0.545. The molecule has 4 rings (SSSR count). The highest BCUT2D eigenvalue weighted by molar-refractivity contribution is 5.97. The van der Waals surface area contributed by atoms with Gasteiger partial charge in [0.15, 0.2) is 5.58 Å². The number of hydrogen-bond donors (Lipinski definition) is 1. The van der Waals surface area contributed by atoms with E-state index >= 15 is 0 Å². The standard InChI is InChI=1S/C21H24FN3O2/c1-3-23-7-9-24(10-8-23)21(26)19-13-20-18(11-15(2)27-20)25(19)14-16-5-4-6-17(22)12-16/h4-6,11-13H,3,7-10,14H2,1-2H3/p+1. The topological polar surface area (TPSA) is 42.8 Å². The van der Waals surface area contributed by atoms with Crippen LogP contribution in [0.5, 0.6) is 0 Å². The number of likely N-dealkylation sites (N-methyl/N-ethyl adjacent to an activating group) is 1. The lowest BCUT2D eigenvalue weighted by atomic mass is 10.2. The molecule has 27 heavy (non-hydrogen) atoms. The molecule has 0 saturated carbocycles. The van der Waals surface area contributed by atoms with E-state index in [1.54, 1.807) is 6.07 Å². The molecule has 5 nitrogen and oxygen atoms in total. The predicted octanol–water partition coefficient (Wildman–Crippen LogP) is 2.09. The van der Waals surface area contributed by atoms with Crippen LogP contribution in [0.25, 0.3) is 11.1 Å². The third-order valence-corrected chi connectivity index (χ3v) is 5.42. The van der Waals surface area contributed by atoms with E-state index in [1.807, 2.05) is 34.6 Å². The number of carbonyl (C=O) groups is 1. The number of hydrogen-bond acceptors (Lipinski definition) is 2. The van der Waals surface area contributed by atoms with Crippen LogP contribution in [0.4, 0.5) is 4.39 Å². The quantitative estimate of drug-likeness (QED) is 0.764. The Kier molecular flexibility index (Phi) is 4.74. The van der Waals surface area contributed by atoms with Gasteiger partial charge in [0.05, 0.1) is 38.2 Å². The van der Waals surface area contributed by atoms with Crippen LogP contribution in [0.1, 0.15) is 28.7 Å². The molecular formula is C21H25FN3O2+. The molecule has 1 aliphatic rings. The van der Waals surface area contributed by atoms with Gasteiger partial charge in [0.2, 0.25) is 0 Å². The van der Waals surface area contributed by atoms with Crippen LogP contribution in [0.3, 0.4) is 0 Å². The minimum absolute atomic E-state index is 0.0191. The number of carbonyl (C=O) groups excluding carboxylic acids is 1. The van der Waals surface area contributed by atoms with Crippen LogP contribution in [-0.4, -0.2) is 48.1 Å². The molecular weight excluding hydrogens is 345 g/mol. The molecule has 1 saturated heterocycles. The molecule has 1 aliphatic heterocycles. The first-order valence-corrected chi connectivity index (χ1v) is 9.52. The predicted molar refractivity (Wildman–Crippen MR) is 102 cm³/mol. The van der Waals surface area contributed by atoms with Crippen LogP contribution in [0.15, 0.2) is 40.8 Å². The Bertz CT molecular complexity index is 967. The molecule has 0 unspecified atom stereocenters. The monoisotopic (exact) mass is 370 g/mol. The molecule has 6 heteroatoms. The number of fused-ring (bicyclic) bond motifs is 1. The molecule has 0 bridgehead atoms. The minimum atomic E-state index is -0.272. The molecule has 3 aromatic rings. The summed E-state index contributed by atoms with van der Waals surface area (Å²) in [5, 5.41) is 0. The van der Waals surface area contributed by atoms with Gasteiger partial charge in [0.25, 0.3) is 5.91 Å². The maximum atomic E-state index is 13.6. The van der Waals surface area contributed by atoms with E-state index in [2.05, 4.69) is 6.92 Å². The van der Waals surface area contributed by atoms with E-state index < -0.39 is 0 Å². The molecule has 0 aliphatic carbocycles. The van der Waals surface area contributed by atoms with Gasteiger partial charge >= 0.3 is 0 Å². The van der Waals surface area contributed by atoms with Crippen molar-refractivity contribution < 1.29 is 18.5 Å².